The molecule has 0 radical (unpaired) electrons. The zero-order valence-corrected chi connectivity index (χ0v) is 12.6. The van der Waals surface area contributed by atoms with Gasteiger partial charge in [-0.05, 0) is 25.1 Å². The fraction of sp³-hybridized carbons (Fsp3) is 0.400. The van der Waals surface area contributed by atoms with Crippen molar-refractivity contribution in [1.82, 2.24) is 5.32 Å². The summed E-state index contributed by atoms with van der Waals surface area (Å²) in [5.74, 6) is 0.563. The first-order valence-corrected chi connectivity index (χ1v) is 6.72. The predicted octanol–water partition coefficient (Wildman–Crippen LogP) is 2.60. The topological polar surface area (TPSA) is 47.6 Å². The molecule has 110 valence electrons. The van der Waals surface area contributed by atoms with Crippen LogP contribution in [0.5, 0.6) is 5.75 Å². The summed E-state index contributed by atoms with van der Waals surface area (Å²) in [7, 11) is 1.57. The molecule has 0 atom stereocenters. The molecule has 1 N–H and O–H groups in total. The second-order valence-corrected chi connectivity index (χ2v) is 4.93. The summed E-state index contributed by atoms with van der Waals surface area (Å²) in [6, 6.07) is 5.21. The van der Waals surface area contributed by atoms with Gasteiger partial charge in [0.25, 0.3) is 0 Å². The molecule has 0 bridgehead atoms. The van der Waals surface area contributed by atoms with Crippen LogP contribution in [0.15, 0.2) is 30.4 Å². The molecule has 1 rings (SSSR count). The normalized spacial score (nSPS) is 10.2. The van der Waals surface area contributed by atoms with Crippen LogP contribution < -0.4 is 10.1 Å². The molecule has 0 fully saturated rings. The zero-order chi connectivity index (χ0) is 15.0. The third-order valence-electron chi connectivity index (χ3n) is 2.51. The molecule has 0 aliphatic rings. The summed E-state index contributed by atoms with van der Waals surface area (Å²) in [6.45, 7) is 7.07. The van der Waals surface area contributed by atoms with E-state index in [1.807, 2.05) is 6.92 Å². The highest BCUT2D eigenvalue weighted by Gasteiger charge is 2.09. The van der Waals surface area contributed by atoms with Crippen LogP contribution in [0.2, 0.25) is 5.02 Å². The Morgan fingerprint density at radius 1 is 1.45 bits per heavy atom. The third-order valence-corrected chi connectivity index (χ3v) is 2.75. The summed E-state index contributed by atoms with van der Waals surface area (Å²) >= 11 is 5.92. The van der Waals surface area contributed by atoms with Crippen LogP contribution in [-0.2, 0) is 16.0 Å². The van der Waals surface area contributed by atoms with Crippen LogP contribution in [0.25, 0.3) is 0 Å². The SMILES string of the molecule is C=C(C)COCCNC(=O)Cc1cc(Cl)ccc1OC. The number of ether oxygens (including phenoxy) is 2. The van der Waals surface area contributed by atoms with Crippen molar-refractivity contribution in [3.05, 3.63) is 40.9 Å². The number of benzene rings is 1. The summed E-state index contributed by atoms with van der Waals surface area (Å²) in [5.41, 5.74) is 1.72. The third kappa shape index (κ3) is 6.08. The lowest BCUT2D eigenvalue weighted by atomic mass is 10.1. The number of nitrogens with one attached hydrogen (secondary N) is 1. The smallest absolute Gasteiger partial charge is 0.224 e. The van der Waals surface area contributed by atoms with Gasteiger partial charge in [-0.2, -0.15) is 0 Å². The van der Waals surface area contributed by atoms with E-state index in [0.29, 0.717) is 30.5 Å². The van der Waals surface area contributed by atoms with Crippen molar-refractivity contribution in [3.8, 4) is 5.75 Å². The molecule has 0 aliphatic heterocycles. The maximum Gasteiger partial charge on any atom is 0.224 e. The summed E-state index contributed by atoms with van der Waals surface area (Å²) in [5, 5.41) is 3.37. The highest BCUT2D eigenvalue weighted by atomic mass is 35.5. The van der Waals surface area contributed by atoms with Crippen LogP contribution in [0, 0.1) is 0 Å². The van der Waals surface area contributed by atoms with E-state index in [4.69, 9.17) is 21.1 Å². The van der Waals surface area contributed by atoms with Gasteiger partial charge in [-0.1, -0.05) is 23.8 Å². The van der Waals surface area contributed by atoms with Gasteiger partial charge in [0.15, 0.2) is 0 Å². The van der Waals surface area contributed by atoms with E-state index in [1.165, 1.54) is 0 Å². The second kappa shape index (κ2) is 8.61. The number of methoxy groups -OCH3 is 1. The summed E-state index contributed by atoms with van der Waals surface area (Å²) < 4.78 is 10.5. The summed E-state index contributed by atoms with van der Waals surface area (Å²) in [6.07, 6.45) is 0.226. The molecule has 0 saturated carbocycles. The van der Waals surface area contributed by atoms with Crippen molar-refractivity contribution in [1.29, 1.82) is 0 Å². The Bertz CT molecular complexity index is 474. The Morgan fingerprint density at radius 2 is 2.20 bits per heavy atom. The molecule has 1 aromatic rings. The van der Waals surface area contributed by atoms with E-state index in [-0.39, 0.29) is 12.3 Å². The standard InChI is InChI=1S/C15H20ClNO3/c1-11(2)10-20-7-6-17-15(18)9-12-8-13(16)4-5-14(12)19-3/h4-5,8H,1,6-7,9-10H2,2-3H3,(H,17,18). The van der Waals surface area contributed by atoms with Crippen LogP contribution in [-0.4, -0.2) is 32.8 Å². The minimum atomic E-state index is -0.0931. The number of carbonyl (C=O) groups is 1. The van der Waals surface area contributed by atoms with Gasteiger partial charge in [0.1, 0.15) is 5.75 Å². The lowest BCUT2D eigenvalue weighted by Gasteiger charge is -2.10. The maximum absolute atomic E-state index is 11.8. The average Bonchev–Trinajstić information content (AvgIpc) is 2.38. The molecule has 5 heteroatoms. The van der Waals surface area contributed by atoms with Gasteiger partial charge in [0, 0.05) is 17.1 Å². The average molecular weight is 298 g/mol. The molecule has 20 heavy (non-hydrogen) atoms. The van der Waals surface area contributed by atoms with E-state index in [2.05, 4.69) is 11.9 Å². The Morgan fingerprint density at radius 3 is 2.85 bits per heavy atom. The largest absolute Gasteiger partial charge is 0.496 e. The monoisotopic (exact) mass is 297 g/mol. The highest BCUT2D eigenvalue weighted by molar-refractivity contribution is 6.30. The van der Waals surface area contributed by atoms with Crippen molar-refractivity contribution >= 4 is 17.5 Å². The number of halogens is 1. The molecule has 1 aromatic carbocycles. The fourth-order valence-corrected chi connectivity index (χ4v) is 1.82. The van der Waals surface area contributed by atoms with E-state index < -0.39 is 0 Å². The Labute approximate surface area is 124 Å². The summed E-state index contributed by atoms with van der Waals surface area (Å²) in [4.78, 5) is 11.8. The Balaban J connectivity index is 2.38. The minimum Gasteiger partial charge on any atom is -0.496 e. The van der Waals surface area contributed by atoms with Gasteiger partial charge in [0.05, 0.1) is 26.7 Å². The van der Waals surface area contributed by atoms with Crippen LogP contribution in [0.3, 0.4) is 0 Å². The van der Waals surface area contributed by atoms with Crippen molar-refractivity contribution in [3.63, 3.8) is 0 Å². The van der Waals surface area contributed by atoms with Crippen molar-refractivity contribution < 1.29 is 14.3 Å². The van der Waals surface area contributed by atoms with Gasteiger partial charge in [-0.3, -0.25) is 4.79 Å². The lowest BCUT2D eigenvalue weighted by Crippen LogP contribution is -2.28. The number of rotatable bonds is 8. The molecule has 0 spiro atoms. The Hall–Kier alpha value is -1.52. The van der Waals surface area contributed by atoms with E-state index in [1.54, 1.807) is 25.3 Å². The van der Waals surface area contributed by atoms with E-state index >= 15 is 0 Å². The zero-order valence-electron chi connectivity index (χ0n) is 11.9. The predicted molar refractivity (Wildman–Crippen MR) is 80.4 cm³/mol. The number of carbonyl (C=O) groups excluding carboxylic acids is 1. The maximum atomic E-state index is 11.8. The minimum absolute atomic E-state index is 0.0931. The number of hydrogen-bond donors (Lipinski definition) is 1. The van der Waals surface area contributed by atoms with Gasteiger partial charge >= 0.3 is 0 Å². The molecule has 0 unspecified atom stereocenters. The van der Waals surface area contributed by atoms with Crippen LogP contribution in [0.1, 0.15) is 12.5 Å². The number of hydrogen-bond acceptors (Lipinski definition) is 3. The van der Waals surface area contributed by atoms with Crippen molar-refractivity contribution in [2.24, 2.45) is 0 Å². The molecule has 0 saturated heterocycles. The second-order valence-electron chi connectivity index (χ2n) is 4.49. The van der Waals surface area contributed by atoms with E-state index in [9.17, 15) is 4.79 Å². The molecular weight excluding hydrogens is 278 g/mol. The first-order chi connectivity index (χ1) is 9.52. The van der Waals surface area contributed by atoms with Crippen LogP contribution >= 0.6 is 11.6 Å². The van der Waals surface area contributed by atoms with Gasteiger partial charge in [0.2, 0.25) is 5.91 Å². The quantitative estimate of drug-likeness (QED) is 0.593. The van der Waals surface area contributed by atoms with Gasteiger partial charge < -0.3 is 14.8 Å². The first kappa shape index (κ1) is 16.5. The van der Waals surface area contributed by atoms with Crippen molar-refractivity contribution in [2.45, 2.75) is 13.3 Å². The van der Waals surface area contributed by atoms with Gasteiger partial charge in [-0.25, -0.2) is 0 Å². The first-order valence-electron chi connectivity index (χ1n) is 6.34. The molecule has 0 heterocycles. The van der Waals surface area contributed by atoms with Gasteiger partial charge in [-0.15, -0.1) is 0 Å². The fourth-order valence-electron chi connectivity index (χ4n) is 1.63. The Kier molecular flexibility index (Phi) is 7.12. The van der Waals surface area contributed by atoms with Crippen LogP contribution in [0.4, 0.5) is 0 Å². The molecule has 0 aliphatic carbocycles. The van der Waals surface area contributed by atoms with Crippen molar-refractivity contribution in [2.75, 3.05) is 26.9 Å². The molecule has 4 nitrogen and oxygen atoms in total. The van der Waals surface area contributed by atoms with E-state index in [0.717, 1.165) is 11.1 Å². The highest BCUT2D eigenvalue weighted by Crippen LogP contribution is 2.22. The molecule has 1 amide bonds. The lowest BCUT2D eigenvalue weighted by molar-refractivity contribution is -0.120. The molecule has 0 aromatic heterocycles. The number of amides is 1. The molecular formula is C15H20ClNO3.